The summed E-state index contributed by atoms with van der Waals surface area (Å²) in [6.45, 7) is 6.64. The molecule has 0 N–H and O–H groups in total. The van der Waals surface area contributed by atoms with E-state index in [-0.39, 0.29) is 5.82 Å². The van der Waals surface area contributed by atoms with E-state index < -0.39 is 0 Å². The van der Waals surface area contributed by atoms with Gasteiger partial charge in [0, 0.05) is 5.56 Å². The fourth-order valence-corrected chi connectivity index (χ4v) is 4.30. The van der Waals surface area contributed by atoms with Gasteiger partial charge in [0.1, 0.15) is 16.0 Å². The highest BCUT2D eigenvalue weighted by Crippen LogP contribution is 2.28. The van der Waals surface area contributed by atoms with Crippen LogP contribution in [-0.2, 0) is 6.54 Å². The van der Waals surface area contributed by atoms with Gasteiger partial charge in [0.05, 0.1) is 22.5 Å². The molecule has 0 amide bonds. The summed E-state index contributed by atoms with van der Waals surface area (Å²) in [4.78, 5) is 4.70. The summed E-state index contributed by atoms with van der Waals surface area (Å²) in [5.41, 5.74) is 6.19. The number of nitrogens with zero attached hydrogens (tertiary/aromatic N) is 3. The molecule has 6 heteroatoms. The van der Waals surface area contributed by atoms with Gasteiger partial charge >= 0.3 is 0 Å². The van der Waals surface area contributed by atoms with Crippen LogP contribution >= 0.6 is 22.9 Å². The SMILES string of the molecule is Cc1cc2nc(C=Cc3c(C)nn(Cc4ccc(F)cc4)c3Cl)sc2cc1C. The van der Waals surface area contributed by atoms with Gasteiger partial charge in [-0.2, -0.15) is 5.10 Å². The van der Waals surface area contributed by atoms with Gasteiger partial charge in [-0.1, -0.05) is 23.7 Å². The molecule has 0 atom stereocenters. The van der Waals surface area contributed by atoms with Crippen LogP contribution < -0.4 is 0 Å². The number of hydrogen-bond donors (Lipinski definition) is 0. The molecule has 0 spiro atoms. The van der Waals surface area contributed by atoms with Crippen LogP contribution in [0.25, 0.3) is 22.4 Å². The molecule has 0 aliphatic rings. The summed E-state index contributed by atoms with van der Waals surface area (Å²) < 4.78 is 16.0. The van der Waals surface area contributed by atoms with Crippen LogP contribution in [0.2, 0.25) is 5.15 Å². The number of aromatic nitrogens is 3. The summed E-state index contributed by atoms with van der Waals surface area (Å²) in [5.74, 6) is -0.253. The first-order chi connectivity index (χ1) is 13.4. The van der Waals surface area contributed by atoms with Gasteiger partial charge in [0.2, 0.25) is 0 Å². The Labute approximate surface area is 172 Å². The number of benzene rings is 2. The van der Waals surface area contributed by atoms with Crippen LogP contribution in [0.4, 0.5) is 4.39 Å². The molecule has 0 saturated heterocycles. The number of fused-ring (bicyclic) bond motifs is 1. The average Bonchev–Trinajstić information content (AvgIpc) is 3.16. The Kier molecular flexibility index (Phi) is 5.04. The van der Waals surface area contributed by atoms with Crippen molar-refractivity contribution in [3.8, 4) is 0 Å². The van der Waals surface area contributed by atoms with E-state index >= 15 is 0 Å². The van der Waals surface area contributed by atoms with E-state index in [2.05, 4.69) is 31.1 Å². The van der Waals surface area contributed by atoms with Crippen LogP contribution in [0.5, 0.6) is 0 Å². The lowest BCUT2D eigenvalue weighted by Gasteiger charge is -2.03. The molecule has 4 rings (SSSR count). The van der Waals surface area contributed by atoms with Crippen LogP contribution in [0.15, 0.2) is 36.4 Å². The van der Waals surface area contributed by atoms with E-state index in [0.717, 1.165) is 27.3 Å². The van der Waals surface area contributed by atoms with Crippen molar-refractivity contribution in [2.75, 3.05) is 0 Å². The highest BCUT2D eigenvalue weighted by atomic mass is 35.5. The Morgan fingerprint density at radius 1 is 1.07 bits per heavy atom. The molecule has 142 valence electrons. The molecule has 28 heavy (non-hydrogen) atoms. The molecule has 0 aliphatic heterocycles. The van der Waals surface area contributed by atoms with E-state index in [0.29, 0.717) is 11.7 Å². The largest absolute Gasteiger partial charge is 0.249 e. The van der Waals surface area contributed by atoms with Gasteiger partial charge < -0.3 is 0 Å². The van der Waals surface area contributed by atoms with E-state index in [1.807, 2.05) is 19.1 Å². The standard InChI is InChI=1S/C22H19ClFN3S/c1-13-10-19-20(11-14(13)2)28-21(25-19)9-8-18-15(3)26-27(22(18)23)12-16-4-6-17(24)7-5-16/h4-11H,12H2,1-3H3. The monoisotopic (exact) mass is 411 g/mol. The third-order valence-electron chi connectivity index (χ3n) is 4.77. The summed E-state index contributed by atoms with van der Waals surface area (Å²) in [7, 11) is 0. The van der Waals surface area contributed by atoms with Gasteiger partial charge in [-0.15, -0.1) is 11.3 Å². The topological polar surface area (TPSA) is 30.7 Å². The minimum absolute atomic E-state index is 0.253. The third kappa shape index (κ3) is 3.73. The van der Waals surface area contributed by atoms with Gasteiger partial charge in [0.25, 0.3) is 0 Å². The summed E-state index contributed by atoms with van der Waals surface area (Å²) in [6.07, 6.45) is 3.94. The molecule has 2 aromatic heterocycles. The Hall–Kier alpha value is -2.50. The molecule has 0 bridgehead atoms. The van der Waals surface area contributed by atoms with E-state index in [9.17, 15) is 4.39 Å². The fraction of sp³-hybridized carbons (Fsp3) is 0.182. The fourth-order valence-electron chi connectivity index (χ4n) is 3.05. The highest BCUT2D eigenvalue weighted by molar-refractivity contribution is 7.19. The molecular formula is C22H19ClFN3S. The molecule has 2 heterocycles. The molecule has 0 unspecified atom stereocenters. The summed E-state index contributed by atoms with van der Waals surface area (Å²) in [6, 6.07) is 10.7. The van der Waals surface area contributed by atoms with Crippen molar-refractivity contribution in [3.05, 3.63) is 80.3 Å². The van der Waals surface area contributed by atoms with Gasteiger partial charge in [-0.3, -0.25) is 0 Å². The quantitative estimate of drug-likeness (QED) is 0.387. The van der Waals surface area contributed by atoms with Crippen LogP contribution in [0, 0.1) is 26.6 Å². The highest BCUT2D eigenvalue weighted by Gasteiger charge is 2.12. The lowest BCUT2D eigenvalue weighted by atomic mass is 10.1. The normalized spacial score (nSPS) is 11.8. The maximum absolute atomic E-state index is 13.1. The number of rotatable bonds is 4. The number of halogens is 2. The maximum Gasteiger partial charge on any atom is 0.134 e. The van der Waals surface area contributed by atoms with Crippen molar-refractivity contribution in [3.63, 3.8) is 0 Å². The molecule has 3 nitrogen and oxygen atoms in total. The Balaban J connectivity index is 1.61. The second-order valence-corrected chi connectivity index (χ2v) is 8.28. The van der Waals surface area contributed by atoms with Crippen LogP contribution in [0.3, 0.4) is 0 Å². The first-order valence-corrected chi connectivity index (χ1v) is 10.1. The van der Waals surface area contributed by atoms with E-state index in [4.69, 9.17) is 16.6 Å². The van der Waals surface area contributed by atoms with E-state index in [1.54, 1.807) is 28.2 Å². The van der Waals surface area contributed by atoms with E-state index in [1.165, 1.54) is 28.0 Å². The van der Waals surface area contributed by atoms with Crippen molar-refractivity contribution in [2.24, 2.45) is 0 Å². The Morgan fingerprint density at radius 2 is 1.79 bits per heavy atom. The van der Waals surface area contributed by atoms with Crippen LogP contribution in [0.1, 0.15) is 33.0 Å². The zero-order chi connectivity index (χ0) is 19.8. The lowest BCUT2D eigenvalue weighted by Crippen LogP contribution is -2.02. The first kappa shape index (κ1) is 18.8. The second-order valence-electron chi connectivity index (χ2n) is 6.86. The number of thiazole rings is 1. The molecule has 0 aliphatic carbocycles. The summed E-state index contributed by atoms with van der Waals surface area (Å²) >= 11 is 8.21. The maximum atomic E-state index is 13.1. The zero-order valence-corrected chi connectivity index (χ0v) is 17.4. The molecule has 0 saturated carbocycles. The van der Waals surface area contributed by atoms with Crippen molar-refractivity contribution in [1.82, 2.24) is 14.8 Å². The number of aryl methyl sites for hydroxylation is 3. The molecule has 0 fully saturated rings. The lowest BCUT2D eigenvalue weighted by molar-refractivity contribution is 0.624. The van der Waals surface area contributed by atoms with Gasteiger partial charge in [-0.05, 0) is 73.9 Å². The molecule has 2 aromatic carbocycles. The van der Waals surface area contributed by atoms with Crippen molar-refractivity contribution < 1.29 is 4.39 Å². The van der Waals surface area contributed by atoms with Crippen molar-refractivity contribution in [2.45, 2.75) is 27.3 Å². The Bertz CT molecular complexity index is 1150. The Morgan fingerprint density at radius 3 is 2.54 bits per heavy atom. The predicted molar refractivity (Wildman–Crippen MR) is 115 cm³/mol. The molecule has 0 radical (unpaired) electrons. The predicted octanol–water partition coefficient (Wildman–Crippen LogP) is 6.43. The number of hydrogen-bond acceptors (Lipinski definition) is 3. The van der Waals surface area contributed by atoms with Crippen molar-refractivity contribution >= 4 is 45.3 Å². The second kappa shape index (κ2) is 7.49. The van der Waals surface area contributed by atoms with Gasteiger partial charge in [0.15, 0.2) is 0 Å². The van der Waals surface area contributed by atoms with Crippen molar-refractivity contribution in [1.29, 1.82) is 0 Å². The average molecular weight is 412 g/mol. The summed E-state index contributed by atoms with van der Waals surface area (Å²) in [5, 5.41) is 6.02. The van der Waals surface area contributed by atoms with Gasteiger partial charge in [-0.25, -0.2) is 14.1 Å². The smallest absolute Gasteiger partial charge is 0.134 e. The molecular weight excluding hydrogens is 393 g/mol. The molecule has 4 aromatic rings. The third-order valence-corrected chi connectivity index (χ3v) is 6.15. The minimum Gasteiger partial charge on any atom is -0.249 e. The first-order valence-electron chi connectivity index (χ1n) is 8.94. The zero-order valence-electron chi connectivity index (χ0n) is 15.8. The minimum atomic E-state index is -0.253. The van der Waals surface area contributed by atoms with Crippen LogP contribution in [-0.4, -0.2) is 14.8 Å².